The fourth-order valence-corrected chi connectivity index (χ4v) is 7.48. The summed E-state index contributed by atoms with van der Waals surface area (Å²) in [7, 11) is -5.74. The van der Waals surface area contributed by atoms with Crippen LogP contribution >= 0.6 is 18.9 Å². The van der Waals surface area contributed by atoms with Crippen LogP contribution in [-0.2, 0) is 19.8 Å². The lowest BCUT2D eigenvalue weighted by Gasteiger charge is -2.42. The molecule has 0 bridgehead atoms. The van der Waals surface area contributed by atoms with Gasteiger partial charge in [-0.25, -0.2) is 0 Å². The van der Waals surface area contributed by atoms with Crippen LogP contribution in [0.2, 0.25) is 0 Å². The molecule has 1 aromatic carbocycles. The first-order valence-electron chi connectivity index (χ1n) is 13.6. The summed E-state index contributed by atoms with van der Waals surface area (Å²) in [4.78, 5) is 70.4. The van der Waals surface area contributed by atoms with Crippen LogP contribution in [-0.4, -0.2) is 78.5 Å². The molecule has 3 aliphatic rings. The number of halogens is 2. The molecule has 0 spiro atoms. The average Bonchev–Trinajstić information content (AvgIpc) is 3.52. The van der Waals surface area contributed by atoms with Crippen molar-refractivity contribution in [3.05, 3.63) is 59.0 Å². The van der Waals surface area contributed by atoms with Gasteiger partial charge in [-0.2, -0.15) is 8.78 Å². The minimum absolute atomic E-state index is 0.0798. The van der Waals surface area contributed by atoms with Gasteiger partial charge in [0.15, 0.2) is 0 Å². The Morgan fingerprint density at radius 2 is 1.88 bits per heavy atom. The number of carbonyl (C=O) groups is 3. The third-order valence-corrected chi connectivity index (χ3v) is 10.4. The third kappa shape index (κ3) is 5.10. The largest absolute Gasteiger partial charge is 0.399 e. The van der Waals surface area contributed by atoms with Crippen molar-refractivity contribution in [2.24, 2.45) is 0 Å². The highest BCUT2D eigenvalue weighted by atomic mass is 32.1. The second-order valence-corrected chi connectivity index (χ2v) is 13.7. The van der Waals surface area contributed by atoms with Crippen molar-refractivity contribution in [3.8, 4) is 0 Å². The van der Waals surface area contributed by atoms with Crippen LogP contribution in [0.4, 0.5) is 8.78 Å². The second kappa shape index (κ2) is 10.7. The lowest BCUT2D eigenvalue weighted by atomic mass is 9.95. The van der Waals surface area contributed by atoms with Crippen LogP contribution in [0, 0.1) is 0 Å². The minimum atomic E-state index is -5.74. The van der Waals surface area contributed by atoms with E-state index >= 15 is 0 Å². The molecule has 0 aliphatic carbocycles. The monoisotopic (exact) mass is 619 g/mol. The number of hydrogen-bond donors (Lipinski definition) is 3. The predicted octanol–water partition coefficient (Wildman–Crippen LogP) is 3.19. The number of aromatic nitrogens is 2. The number of hydrogen-bond acceptors (Lipinski definition) is 7. The van der Waals surface area contributed by atoms with Crippen molar-refractivity contribution in [1.82, 2.24) is 25.1 Å². The summed E-state index contributed by atoms with van der Waals surface area (Å²) >= 11 is 1.02. The fraction of sp³-hybridized carbons (Fsp3) is 0.444. The molecule has 0 unspecified atom stereocenters. The summed E-state index contributed by atoms with van der Waals surface area (Å²) in [6, 6.07) is 2.99. The summed E-state index contributed by atoms with van der Waals surface area (Å²) < 4.78 is 40.2. The predicted molar refractivity (Wildman–Crippen MR) is 148 cm³/mol. The van der Waals surface area contributed by atoms with Crippen LogP contribution in [0.1, 0.15) is 59.0 Å². The minimum Gasteiger partial charge on any atom is -0.340 e. The topological polar surface area (TPSA) is 153 Å². The summed E-state index contributed by atoms with van der Waals surface area (Å²) in [5.74, 6) is -0.872. The Morgan fingerprint density at radius 3 is 2.60 bits per heavy atom. The maximum atomic E-state index is 14.2. The Morgan fingerprint density at radius 1 is 1.10 bits per heavy atom. The van der Waals surface area contributed by atoms with Gasteiger partial charge in [0.05, 0.1) is 10.6 Å². The summed E-state index contributed by atoms with van der Waals surface area (Å²) in [5, 5.41) is 3.00. The van der Waals surface area contributed by atoms with E-state index in [9.17, 15) is 27.7 Å². The maximum Gasteiger partial charge on any atom is 0.399 e. The van der Waals surface area contributed by atoms with Gasteiger partial charge in [-0.15, -0.1) is 11.3 Å². The van der Waals surface area contributed by atoms with Crippen LogP contribution in [0.25, 0.3) is 10.1 Å². The number of nitrogens with zero attached hydrogens (tertiary/aromatic N) is 4. The van der Waals surface area contributed by atoms with Crippen LogP contribution < -0.4 is 5.32 Å². The standard InChI is InChI=1S/C27H28F2N5O6PS/c28-27(29,41(38,39)40)17-4-7-22-15(10-17)11-23(42-22)24(35)32-19-3-1-2-18-5-6-21(34(18)25(19)36)26(37)33-13-16(14-33)20-12-30-8-9-31-20/h4,7-12,16,18-19,21H,1-3,5-6,13-14H2,(H,32,35)(H2,38,39,40)/t18-,19-,21-/m0/s1. The molecule has 6 rings (SSSR count). The molecule has 0 saturated carbocycles. The molecule has 3 aliphatic heterocycles. The van der Waals surface area contributed by atoms with Gasteiger partial charge >= 0.3 is 13.3 Å². The van der Waals surface area contributed by atoms with Gasteiger partial charge in [-0.05, 0) is 55.7 Å². The molecule has 3 fully saturated rings. The molecule has 15 heteroatoms. The smallest absolute Gasteiger partial charge is 0.340 e. The highest BCUT2D eigenvalue weighted by molar-refractivity contribution is 7.52. The first-order valence-corrected chi connectivity index (χ1v) is 16.0. The van der Waals surface area contributed by atoms with Gasteiger partial charge in [0.1, 0.15) is 12.1 Å². The number of alkyl halides is 2. The van der Waals surface area contributed by atoms with E-state index in [1.165, 1.54) is 12.1 Å². The quantitative estimate of drug-likeness (QED) is 0.356. The lowest BCUT2D eigenvalue weighted by molar-refractivity contribution is -0.148. The van der Waals surface area contributed by atoms with Gasteiger partial charge in [-0.1, -0.05) is 6.07 Å². The Labute approximate surface area is 243 Å². The van der Waals surface area contributed by atoms with Crippen LogP contribution in [0.3, 0.4) is 0 Å². The van der Waals surface area contributed by atoms with E-state index in [1.54, 1.807) is 28.4 Å². The number of carbonyl (C=O) groups excluding carboxylic acids is 3. The Hall–Kier alpha value is -3.32. The Kier molecular flexibility index (Phi) is 7.37. The molecule has 11 nitrogen and oxygen atoms in total. The molecular formula is C27H28F2N5O6PS. The molecule has 222 valence electrons. The summed E-state index contributed by atoms with van der Waals surface area (Å²) in [6.45, 7) is 1.02. The summed E-state index contributed by atoms with van der Waals surface area (Å²) in [5.41, 5.74) is -4.40. The summed E-state index contributed by atoms with van der Waals surface area (Å²) in [6.07, 6.45) is 7.98. The van der Waals surface area contributed by atoms with E-state index in [1.807, 2.05) is 0 Å². The molecule has 42 heavy (non-hydrogen) atoms. The van der Waals surface area contributed by atoms with Crippen molar-refractivity contribution >= 4 is 46.7 Å². The molecular weight excluding hydrogens is 591 g/mol. The van der Waals surface area contributed by atoms with Crippen molar-refractivity contribution in [2.75, 3.05) is 13.1 Å². The molecule has 3 atom stereocenters. The van der Waals surface area contributed by atoms with Crippen molar-refractivity contribution < 1.29 is 37.5 Å². The molecule has 3 N–H and O–H groups in total. The van der Waals surface area contributed by atoms with Crippen LogP contribution in [0.5, 0.6) is 0 Å². The number of amides is 3. The van der Waals surface area contributed by atoms with Gasteiger partial charge in [0.2, 0.25) is 11.8 Å². The fourth-order valence-electron chi connectivity index (χ4n) is 6.05. The number of likely N-dealkylation sites (tertiary alicyclic amines) is 1. The normalized spacial score (nSPS) is 23.4. The van der Waals surface area contributed by atoms with E-state index in [4.69, 9.17) is 9.79 Å². The van der Waals surface area contributed by atoms with Crippen LogP contribution in [0.15, 0.2) is 42.9 Å². The van der Waals surface area contributed by atoms with Gasteiger partial charge < -0.3 is 24.9 Å². The Bertz CT molecular complexity index is 1590. The average molecular weight is 620 g/mol. The van der Waals surface area contributed by atoms with Gasteiger partial charge in [-0.3, -0.25) is 28.9 Å². The van der Waals surface area contributed by atoms with Gasteiger partial charge in [0, 0.05) is 53.9 Å². The molecule has 3 saturated heterocycles. The zero-order chi connectivity index (χ0) is 29.8. The number of nitrogens with one attached hydrogen (secondary N) is 1. The van der Waals surface area contributed by atoms with Crippen molar-refractivity contribution in [2.45, 2.75) is 61.8 Å². The van der Waals surface area contributed by atoms with E-state index in [0.29, 0.717) is 43.5 Å². The highest BCUT2D eigenvalue weighted by Gasteiger charge is 2.51. The van der Waals surface area contributed by atoms with E-state index in [-0.39, 0.29) is 34.0 Å². The number of thiophene rings is 1. The van der Waals surface area contributed by atoms with E-state index in [0.717, 1.165) is 35.6 Å². The number of fused-ring (bicyclic) bond motifs is 2. The zero-order valence-corrected chi connectivity index (χ0v) is 23.9. The third-order valence-electron chi connectivity index (χ3n) is 8.32. The molecule has 3 aromatic rings. The van der Waals surface area contributed by atoms with Crippen molar-refractivity contribution in [3.63, 3.8) is 0 Å². The van der Waals surface area contributed by atoms with E-state index in [2.05, 4.69) is 15.3 Å². The highest BCUT2D eigenvalue weighted by Crippen LogP contribution is 2.59. The molecule has 3 amide bonds. The lowest BCUT2D eigenvalue weighted by Crippen LogP contribution is -2.58. The van der Waals surface area contributed by atoms with Crippen molar-refractivity contribution in [1.29, 1.82) is 0 Å². The molecule has 0 radical (unpaired) electrons. The zero-order valence-electron chi connectivity index (χ0n) is 22.2. The SMILES string of the molecule is O=C(N[C@H]1CCC[C@H]2CC[C@@H](C(=O)N3CC(c4cnccn4)C3)N2C1=O)c1cc2cc(C(F)(F)P(=O)(O)O)ccc2s1. The second-order valence-electron chi connectivity index (χ2n) is 11.0. The molecule has 2 aromatic heterocycles. The number of rotatable bonds is 6. The van der Waals surface area contributed by atoms with E-state index < -0.39 is 36.8 Å². The first kappa shape index (κ1) is 28.8. The molecule has 5 heterocycles. The number of benzene rings is 1. The van der Waals surface area contributed by atoms with Gasteiger partial charge in [0.25, 0.3) is 5.91 Å². The Balaban J connectivity index is 1.15. The first-order chi connectivity index (χ1) is 19.9. The maximum absolute atomic E-state index is 14.2.